The molecule has 1 aromatic carbocycles. The Morgan fingerprint density at radius 3 is 2.47 bits per heavy atom. The van der Waals surface area contributed by atoms with Crippen LogP contribution < -0.4 is 5.32 Å². The van der Waals surface area contributed by atoms with E-state index in [2.05, 4.69) is 39.6 Å². The number of benzene rings is 1. The molecule has 1 N–H and O–H groups in total. The first-order valence-corrected chi connectivity index (χ1v) is 7.88. The van der Waals surface area contributed by atoms with Gasteiger partial charge in [-0.3, -0.25) is 0 Å². The Hall–Kier alpha value is -0.710. The van der Waals surface area contributed by atoms with Gasteiger partial charge < -0.3 is 5.32 Å². The minimum atomic E-state index is -0.0993. The van der Waals surface area contributed by atoms with Gasteiger partial charge in [0.15, 0.2) is 0 Å². The quantitative estimate of drug-likeness (QED) is 0.813. The molecule has 1 nitrogen and oxygen atoms in total. The first kappa shape index (κ1) is 14.7. The van der Waals surface area contributed by atoms with Crippen molar-refractivity contribution in [3.05, 3.63) is 55.4 Å². The van der Waals surface area contributed by atoms with Crippen molar-refractivity contribution in [1.29, 1.82) is 0 Å². The van der Waals surface area contributed by atoms with E-state index in [-0.39, 0.29) is 11.9 Å². The van der Waals surface area contributed by atoms with E-state index in [0.717, 1.165) is 16.6 Å². The zero-order chi connectivity index (χ0) is 14.0. The Morgan fingerprint density at radius 2 is 1.95 bits per heavy atom. The molecule has 0 aliphatic heterocycles. The molecule has 0 aliphatic carbocycles. The molecule has 0 aliphatic rings. The van der Waals surface area contributed by atoms with Crippen molar-refractivity contribution < 1.29 is 4.39 Å². The van der Waals surface area contributed by atoms with E-state index in [4.69, 9.17) is 0 Å². The molecule has 102 valence electrons. The summed E-state index contributed by atoms with van der Waals surface area (Å²) in [6.07, 6.45) is 0. The second-order valence-electron chi connectivity index (χ2n) is 4.78. The third-order valence-electron chi connectivity index (χ3n) is 3.15. The molecule has 1 unspecified atom stereocenters. The highest BCUT2D eigenvalue weighted by atomic mass is 79.9. The molecular formula is C15H17BrFNS. The van der Waals surface area contributed by atoms with E-state index in [0.29, 0.717) is 11.1 Å². The Balaban J connectivity index is 2.05. The number of halogens is 2. The van der Waals surface area contributed by atoms with Gasteiger partial charge in [-0.05, 0) is 64.8 Å². The standard InChI is InChI=1S/C15H17BrFNS/c1-9-6-12(7-10(2)14(9)17)8-18-11(3)15-13(16)4-5-19-15/h4-7,11,18H,8H2,1-3H3. The summed E-state index contributed by atoms with van der Waals surface area (Å²) in [6, 6.07) is 6.15. The fourth-order valence-electron chi connectivity index (χ4n) is 2.12. The lowest BCUT2D eigenvalue weighted by Gasteiger charge is -2.14. The summed E-state index contributed by atoms with van der Waals surface area (Å²) in [5, 5.41) is 5.55. The highest BCUT2D eigenvalue weighted by Gasteiger charge is 2.11. The average Bonchev–Trinajstić information content (AvgIpc) is 2.79. The van der Waals surface area contributed by atoms with Gasteiger partial charge in [-0.25, -0.2) is 4.39 Å². The number of hydrogen-bond donors (Lipinski definition) is 1. The predicted octanol–water partition coefficient (Wildman–Crippen LogP) is 5.12. The molecule has 1 aromatic heterocycles. The Bertz CT molecular complexity index is 556. The molecule has 1 heterocycles. The van der Waals surface area contributed by atoms with Crippen molar-refractivity contribution in [3.63, 3.8) is 0 Å². The van der Waals surface area contributed by atoms with Gasteiger partial charge in [0.05, 0.1) is 0 Å². The minimum absolute atomic E-state index is 0.0993. The summed E-state index contributed by atoms with van der Waals surface area (Å²) in [6.45, 7) is 6.50. The molecule has 0 radical (unpaired) electrons. The molecule has 0 spiro atoms. The van der Waals surface area contributed by atoms with Crippen molar-refractivity contribution in [1.82, 2.24) is 5.32 Å². The Kier molecular flexibility index (Phi) is 4.76. The fraction of sp³-hybridized carbons (Fsp3) is 0.333. The van der Waals surface area contributed by atoms with Gasteiger partial charge in [0.1, 0.15) is 5.82 Å². The molecule has 2 rings (SSSR count). The van der Waals surface area contributed by atoms with Gasteiger partial charge in [-0.2, -0.15) is 0 Å². The van der Waals surface area contributed by atoms with Crippen LogP contribution in [-0.4, -0.2) is 0 Å². The summed E-state index contributed by atoms with van der Waals surface area (Å²) >= 11 is 5.28. The molecule has 2 aromatic rings. The van der Waals surface area contributed by atoms with Crippen LogP contribution in [0.15, 0.2) is 28.1 Å². The molecule has 0 fully saturated rings. The molecule has 4 heteroatoms. The molecule has 0 saturated heterocycles. The van der Waals surface area contributed by atoms with Crippen LogP contribution in [0.1, 0.15) is 34.5 Å². The van der Waals surface area contributed by atoms with E-state index in [1.54, 1.807) is 11.3 Å². The lowest BCUT2D eigenvalue weighted by Crippen LogP contribution is -2.17. The molecular weight excluding hydrogens is 325 g/mol. The van der Waals surface area contributed by atoms with E-state index >= 15 is 0 Å². The van der Waals surface area contributed by atoms with E-state index in [9.17, 15) is 4.39 Å². The van der Waals surface area contributed by atoms with Crippen molar-refractivity contribution in [2.45, 2.75) is 33.4 Å². The van der Waals surface area contributed by atoms with Gasteiger partial charge in [0, 0.05) is 21.9 Å². The molecule has 19 heavy (non-hydrogen) atoms. The number of thiophene rings is 1. The summed E-state index contributed by atoms with van der Waals surface area (Å²) in [5.74, 6) is -0.0993. The Morgan fingerprint density at radius 1 is 1.32 bits per heavy atom. The third-order valence-corrected chi connectivity index (χ3v) is 5.20. The van der Waals surface area contributed by atoms with Crippen molar-refractivity contribution in [2.75, 3.05) is 0 Å². The Labute approximate surface area is 126 Å². The topological polar surface area (TPSA) is 12.0 Å². The van der Waals surface area contributed by atoms with Crippen molar-refractivity contribution in [2.24, 2.45) is 0 Å². The maximum Gasteiger partial charge on any atom is 0.129 e. The van der Waals surface area contributed by atoms with Crippen LogP contribution in [-0.2, 0) is 6.54 Å². The van der Waals surface area contributed by atoms with E-state index < -0.39 is 0 Å². The molecule has 0 bridgehead atoms. The van der Waals surface area contributed by atoms with Crippen LogP contribution in [0.5, 0.6) is 0 Å². The van der Waals surface area contributed by atoms with Gasteiger partial charge in [0.2, 0.25) is 0 Å². The smallest absolute Gasteiger partial charge is 0.129 e. The number of nitrogens with one attached hydrogen (secondary N) is 1. The maximum atomic E-state index is 13.6. The SMILES string of the molecule is Cc1cc(CNC(C)c2sccc2Br)cc(C)c1F. The summed E-state index contributed by atoms with van der Waals surface area (Å²) in [4.78, 5) is 1.29. The predicted molar refractivity (Wildman–Crippen MR) is 83.1 cm³/mol. The zero-order valence-corrected chi connectivity index (χ0v) is 13.7. The monoisotopic (exact) mass is 341 g/mol. The fourth-order valence-corrected chi connectivity index (χ4v) is 3.87. The van der Waals surface area contributed by atoms with Crippen molar-refractivity contribution in [3.8, 4) is 0 Å². The maximum absolute atomic E-state index is 13.6. The second-order valence-corrected chi connectivity index (χ2v) is 6.58. The van der Waals surface area contributed by atoms with Gasteiger partial charge in [-0.1, -0.05) is 12.1 Å². The van der Waals surface area contributed by atoms with Gasteiger partial charge >= 0.3 is 0 Å². The average molecular weight is 342 g/mol. The lowest BCUT2D eigenvalue weighted by atomic mass is 10.1. The van der Waals surface area contributed by atoms with Crippen LogP contribution in [0, 0.1) is 19.7 Å². The molecule has 0 amide bonds. The van der Waals surface area contributed by atoms with Crippen LogP contribution in [0.2, 0.25) is 0 Å². The normalized spacial score (nSPS) is 12.7. The third kappa shape index (κ3) is 3.44. The van der Waals surface area contributed by atoms with Crippen LogP contribution in [0.25, 0.3) is 0 Å². The van der Waals surface area contributed by atoms with Crippen LogP contribution in [0.4, 0.5) is 4.39 Å². The number of aryl methyl sites for hydroxylation is 2. The number of hydrogen-bond acceptors (Lipinski definition) is 2. The molecule has 1 atom stereocenters. The van der Waals surface area contributed by atoms with Crippen molar-refractivity contribution >= 4 is 27.3 Å². The largest absolute Gasteiger partial charge is 0.305 e. The highest BCUT2D eigenvalue weighted by molar-refractivity contribution is 9.10. The molecule has 0 saturated carbocycles. The minimum Gasteiger partial charge on any atom is -0.305 e. The summed E-state index contributed by atoms with van der Waals surface area (Å²) in [5.41, 5.74) is 2.54. The van der Waals surface area contributed by atoms with Gasteiger partial charge in [0.25, 0.3) is 0 Å². The van der Waals surface area contributed by atoms with E-state index in [1.807, 2.05) is 26.0 Å². The lowest BCUT2D eigenvalue weighted by molar-refractivity contribution is 0.576. The summed E-state index contributed by atoms with van der Waals surface area (Å²) in [7, 11) is 0. The summed E-state index contributed by atoms with van der Waals surface area (Å²) < 4.78 is 14.7. The van der Waals surface area contributed by atoms with Gasteiger partial charge in [-0.15, -0.1) is 11.3 Å². The first-order chi connectivity index (χ1) is 8.99. The highest BCUT2D eigenvalue weighted by Crippen LogP contribution is 2.29. The van der Waals surface area contributed by atoms with Crippen LogP contribution in [0.3, 0.4) is 0 Å². The van der Waals surface area contributed by atoms with Crippen LogP contribution >= 0.6 is 27.3 Å². The zero-order valence-electron chi connectivity index (χ0n) is 11.3. The van der Waals surface area contributed by atoms with E-state index in [1.165, 1.54) is 4.88 Å². The first-order valence-electron chi connectivity index (χ1n) is 6.21. The number of rotatable bonds is 4. The second kappa shape index (κ2) is 6.16.